The molecule has 3 rings (SSSR count). The van der Waals surface area contributed by atoms with Crippen molar-refractivity contribution in [2.45, 2.75) is 11.8 Å². The van der Waals surface area contributed by atoms with Crippen LogP contribution in [0.1, 0.15) is 5.56 Å². The van der Waals surface area contributed by atoms with E-state index >= 15 is 0 Å². The monoisotopic (exact) mass is 399 g/mol. The van der Waals surface area contributed by atoms with E-state index in [1.165, 1.54) is 11.8 Å². The van der Waals surface area contributed by atoms with E-state index in [4.69, 9.17) is 13.9 Å². The summed E-state index contributed by atoms with van der Waals surface area (Å²) in [7, 11) is 4.93. The number of amides is 1. The first-order valence-corrected chi connectivity index (χ1v) is 9.56. The molecule has 146 valence electrons. The second-order valence-corrected chi connectivity index (χ2v) is 6.89. The highest BCUT2D eigenvalue weighted by Crippen LogP contribution is 2.28. The number of hydrogen-bond acceptors (Lipinski definition) is 7. The molecule has 0 aliphatic heterocycles. The smallest absolute Gasteiger partial charge is 0.277 e. The van der Waals surface area contributed by atoms with Crippen LogP contribution in [0.4, 0.5) is 0 Å². The molecule has 0 fully saturated rings. The van der Waals surface area contributed by atoms with Crippen LogP contribution in [-0.2, 0) is 11.3 Å². The molecule has 0 aliphatic rings. The lowest BCUT2D eigenvalue weighted by atomic mass is 10.2. The van der Waals surface area contributed by atoms with Gasteiger partial charge in [-0.2, -0.15) is 0 Å². The third kappa shape index (κ3) is 4.83. The van der Waals surface area contributed by atoms with Crippen LogP contribution in [0.3, 0.4) is 0 Å². The van der Waals surface area contributed by atoms with E-state index in [0.717, 1.165) is 11.1 Å². The largest absolute Gasteiger partial charge is 0.493 e. The maximum atomic E-state index is 12.4. The van der Waals surface area contributed by atoms with Crippen molar-refractivity contribution in [2.75, 3.05) is 27.0 Å². The second kappa shape index (κ2) is 9.27. The number of nitrogens with zero attached hydrogens (tertiary/aromatic N) is 3. The molecule has 3 aromatic rings. The molecular weight excluding hydrogens is 378 g/mol. The van der Waals surface area contributed by atoms with Gasteiger partial charge < -0.3 is 18.8 Å². The van der Waals surface area contributed by atoms with Gasteiger partial charge in [0.1, 0.15) is 0 Å². The van der Waals surface area contributed by atoms with Crippen molar-refractivity contribution >= 4 is 17.7 Å². The summed E-state index contributed by atoms with van der Waals surface area (Å²) in [4.78, 5) is 14.1. The zero-order chi connectivity index (χ0) is 19.9. The molecule has 7 nitrogen and oxygen atoms in total. The Morgan fingerprint density at radius 1 is 1.07 bits per heavy atom. The van der Waals surface area contributed by atoms with Crippen LogP contribution < -0.4 is 9.47 Å². The van der Waals surface area contributed by atoms with Gasteiger partial charge in [0.25, 0.3) is 5.22 Å². The Morgan fingerprint density at radius 3 is 2.54 bits per heavy atom. The molecule has 8 heteroatoms. The van der Waals surface area contributed by atoms with E-state index in [-0.39, 0.29) is 11.7 Å². The number of rotatable bonds is 8. The molecule has 1 aromatic heterocycles. The van der Waals surface area contributed by atoms with Gasteiger partial charge in [-0.3, -0.25) is 4.79 Å². The van der Waals surface area contributed by atoms with Gasteiger partial charge in [-0.1, -0.05) is 36.0 Å². The molecule has 0 saturated carbocycles. The molecule has 0 aliphatic carbocycles. The lowest BCUT2D eigenvalue weighted by Crippen LogP contribution is -2.27. The minimum atomic E-state index is -0.0424. The van der Waals surface area contributed by atoms with E-state index in [9.17, 15) is 4.79 Å². The Balaban J connectivity index is 1.56. The Kier molecular flexibility index (Phi) is 6.54. The minimum absolute atomic E-state index is 0.0424. The molecule has 1 amide bonds. The van der Waals surface area contributed by atoms with Gasteiger partial charge in [-0.25, -0.2) is 0 Å². The normalized spacial score (nSPS) is 10.5. The van der Waals surface area contributed by atoms with Crippen LogP contribution in [0, 0.1) is 0 Å². The summed E-state index contributed by atoms with van der Waals surface area (Å²) in [6.45, 7) is 0.457. The summed E-state index contributed by atoms with van der Waals surface area (Å²) in [6.07, 6.45) is 0. The summed E-state index contributed by atoms with van der Waals surface area (Å²) >= 11 is 1.22. The summed E-state index contributed by atoms with van der Waals surface area (Å²) in [6, 6.07) is 15.1. The number of ether oxygens (including phenoxy) is 2. The van der Waals surface area contributed by atoms with Gasteiger partial charge >= 0.3 is 0 Å². The summed E-state index contributed by atoms with van der Waals surface area (Å²) < 4.78 is 16.1. The molecule has 28 heavy (non-hydrogen) atoms. The number of thioether (sulfide) groups is 1. The molecular formula is C20H21N3O4S. The topological polar surface area (TPSA) is 77.7 Å². The minimum Gasteiger partial charge on any atom is -0.493 e. The zero-order valence-corrected chi connectivity index (χ0v) is 16.7. The fraction of sp³-hybridized carbons (Fsp3) is 0.250. The molecule has 0 N–H and O–H groups in total. The highest BCUT2D eigenvalue weighted by Gasteiger charge is 2.15. The van der Waals surface area contributed by atoms with Crippen molar-refractivity contribution in [1.29, 1.82) is 0 Å². The van der Waals surface area contributed by atoms with Gasteiger partial charge in [-0.15, -0.1) is 10.2 Å². The maximum Gasteiger partial charge on any atom is 0.277 e. The number of carbonyl (C=O) groups excluding carboxylic acids is 1. The van der Waals surface area contributed by atoms with Crippen molar-refractivity contribution in [3.05, 3.63) is 54.1 Å². The summed E-state index contributed by atoms with van der Waals surface area (Å²) in [5, 5.41) is 8.39. The fourth-order valence-corrected chi connectivity index (χ4v) is 3.24. The van der Waals surface area contributed by atoms with Crippen LogP contribution >= 0.6 is 11.8 Å². The highest BCUT2D eigenvalue weighted by atomic mass is 32.2. The van der Waals surface area contributed by atoms with Crippen molar-refractivity contribution in [3.63, 3.8) is 0 Å². The van der Waals surface area contributed by atoms with E-state index in [0.29, 0.717) is 29.2 Å². The number of benzene rings is 2. The maximum absolute atomic E-state index is 12.4. The highest BCUT2D eigenvalue weighted by molar-refractivity contribution is 7.99. The molecule has 0 bridgehead atoms. The second-order valence-electron chi connectivity index (χ2n) is 5.97. The fourth-order valence-electron chi connectivity index (χ4n) is 2.54. The molecule has 0 spiro atoms. The van der Waals surface area contributed by atoms with E-state index in [2.05, 4.69) is 10.2 Å². The molecule has 2 aromatic carbocycles. The lowest BCUT2D eigenvalue weighted by molar-refractivity contribution is -0.127. The van der Waals surface area contributed by atoms with Gasteiger partial charge in [0, 0.05) is 19.2 Å². The molecule has 1 heterocycles. The summed E-state index contributed by atoms with van der Waals surface area (Å²) in [5.74, 6) is 1.89. The first-order chi connectivity index (χ1) is 13.6. The third-order valence-corrected chi connectivity index (χ3v) is 4.84. The average molecular weight is 399 g/mol. The number of hydrogen-bond donors (Lipinski definition) is 0. The SMILES string of the molecule is COc1ccc(CN(C)C(=O)CSc2nnc(-c3ccccc3)o2)cc1OC. The van der Waals surface area contributed by atoms with Crippen LogP contribution in [0.5, 0.6) is 11.5 Å². The molecule has 0 radical (unpaired) electrons. The van der Waals surface area contributed by atoms with Crippen molar-refractivity contribution in [2.24, 2.45) is 0 Å². The van der Waals surface area contributed by atoms with E-state index in [1.54, 1.807) is 26.2 Å². The van der Waals surface area contributed by atoms with E-state index in [1.807, 2.05) is 48.5 Å². The van der Waals surface area contributed by atoms with Gasteiger partial charge in [0.15, 0.2) is 11.5 Å². The molecule has 0 saturated heterocycles. The van der Waals surface area contributed by atoms with Crippen molar-refractivity contribution < 1.29 is 18.7 Å². The Bertz CT molecular complexity index is 930. The Hall–Kier alpha value is -3.00. The zero-order valence-electron chi connectivity index (χ0n) is 15.9. The van der Waals surface area contributed by atoms with Gasteiger partial charge in [-0.05, 0) is 29.8 Å². The standard InChI is InChI=1S/C20H21N3O4S/c1-23(12-14-9-10-16(25-2)17(11-14)26-3)18(24)13-28-20-22-21-19(27-20)15-7-5-4-6-8-15/h4-11H,12-13H2,1-3H3. The van der Waals surface area contributed by atoms with Crippen LogP contribution in [-0.4, -0.2) is 48.0 Å². The molecule has 0 atom stereocenters. The number of carbonyl (C=O) groups is 1. The third-order valence-electron chi connectivity index (χ3n) is 4.04. The quantitative estimate of drug-likeness (QED) is 0.537. The lowest BCUT2D eigenvalue weighted by Gasteiger charge is -2.17. The predicted octanol–water partition coefficient (Wildman–Crippen LogP) is 3.50. The number of aromatic nitrogens is 2. The van der Waals surface area contributed by atoms with E-state index < -0.39 is 0 Å². The summed E-state index contributed by atoms with van der Waals surface area (Å²) in [5.41, 5.74) is 1.79. The van der Waals surface area contributed by atoms with Crippen LogP contribution in [0.25, 0.3) is 11.5 Å². The Labute approximate surface area is 167 Å². The first kappa shape index (κ1) is 19.8. The number of methoxy groups -OCH3 is 2. The van der Waals surface area contributed by atoms with Gasteiger partial charge in [0.05, 0.1) is 20.0 Å². The average Bonchev–Trinajstić information content (AvgIpc) is 3.21. The van der Waals surface area contributed by atoms with Crippen LogP contribution in [0.15, 0.2) is 58.2 Å². The first-order valence-electron chi connectivity index (χ1n) is 8.57. The van der Waals surface area contributed by atoms with Crippen LogP contribution in [0.2, 0.25) is 0 Å². The predicted molar refractivity (Wildman–Crippen MR) is 106 cm³/mol. The molecule has 0 unspecified atom stereocenters. The van der Waals surface area contributed by atoms with Crippen molar-refractivity contribution in [3.8, 4) is 23.0 Å². The van der Waals surface area contributed by atoms with Crippen molar-refractivity contribution in [1.82, 2.24) is 15.1 Å². The Morgan fingerprint density at radius 2 is 1.82 bits per heavy atom. The van der Waals surface area contributed by atoms with Gasteiger partial charge in [0.2, 0.25) is 11.8 Å².